The number of nitrogens with zero attached hydrogens (tertiary/aromatic N) is 1. The predicted octanol–water partition coefficient (Wildman–Crippen LogP) is 2.57. The second kappa shape index (κ2) is 7.81. The second-order valence-corrected chi connectivity index (χ2v) is 7.37. The fourth-order valence-corrected chi connectivity index (χ4v) is 3.69. The second-order valence-electron chi connectivity index (χ2n) is 5.65. The van der Waals surface area contributed by atoms with Crippen molar-refractivity contribution in [1.29, 1.82) is 0 Å². The summed E-state index contributed by atoms with van der Waals surface area (Å²) in [4.78, 5) is 26.2. The van der Waals surface area contributed by atoms with Gasteiger partial charge in [-0.3, -0.25) is 9.59 Å². The molecule has 0 aromatic heterocycles. The fourth-order valence-electron chi connectivity index (χ4n) is 2.65. The van der Waals surface area contributed by atoms with Gasteiger partial charge in [0.05, 0.1) is 4.91 Å². The van der Waals surface area contributed by atoms with E-state index < -0.39 is 0 Å². The zero-order chi connectivity index (χ0) is 16.9. The molecule has 3 rings (SSSR count). The molecular formula is C17H18N2O3S2. The minimum atomic E-state index is -0.184. The molecule has 2 aliphatic rings. The van der Waals surface area contributed by atoms with Crippen molar-refractivity contribution in [3.63, 3.8) is 0 Å². The number of thioether (sulfide) groups is 1. The Bertz CT molecular complexity index is 697. The Balaban J connectivity index is 1.61. The van der Waals surface area contributed by atoms with Crippen molar-refractivity contribution in [3.8, 4) is 5.75 Å². The summed E-state index contributed by atoms with van der Waals surface area (Å²) >= 11 is 6.21. The van der Waals surface area contributed by atoms with Crippen LogP contribution in [-0.2, 0) is 9.59 Å². The highest BCUT2D eigenvalue weighted by atomic mass is 32.2. The number of nitrogens with one attached hydrogen (secondary N) is 1. The molecule has 2 fully saturated rings. The number of thiocarbonyl (C=S) groups is 1. The van der Waals surface area contributed by atoms with Gasteiger partial charge >= 0.3 is 0 Å². The summed E-state index contributed by atoms with van der Waals surface area (Å²) in [7, 11) is 0. The number of benzene rings is 1. The van der Waals surface area contributed by atoms with Crippen LogP contribution < -0.4 is 10.1 Å². The van der Waals surface area contributed by atoms with E-state index in [9.17, 15) is 9.59 Å². The van der Waals surface area contributed by atoms with Gasteiger partial charge in [0.1, 0.15) is 10.1 Å². The van der Waals surface area contributed by atoms with Crippen molar-refractivity contribution in [2.24, 2.45) is 0 Å². The lowest BCUT2D eigenvalue weighted by Gasteiger charge is -2.26. The summed E-state index contributed by atoms with van der Waals surface area (Å²) in [6.07, 6.45) is 5.09. The lowest BCUT2D eigenvalue weighted by molar-refractivity contribution is -0.134. The van der Waals surface area contributed by atoms with Crippen molar-refractivity contribution < 1.29 is 14.3 Å². The molecule has 5 nitrogen and oxygen atoms in total. The summed E-state index contributed by atoms with van der Waals surface area (Å²) in [5.41, 5.74) is 0.834. The van der Waals surface area contributed by atoms with E-state index in [4.69, 9.17) is 17.0 Å². The van der Waals surface area contributed by atoms with E-state index in [1.54, 1.807) is 12.1 Å². The standard InChI is InChI=1S/C17H18N2O3S2/c20-15(19-7-2-1-3-8-19)11-22-13-6-4-5-12(9-13)10-14-16(21)18-17(23)24-14/h4-6,9-10H,1-3,7-8,11H2,(H,18,21,23)/b14-10-. The van der Waals surface area contributed by atoms with Crippen molar-refractivity contribution in [1.82, 2.24) is 10.2 Å². The Morgan fingerprint density at radius 3 is 2.83 bits per heavy atom. The quantitative estimate of drug-likeness (QED) is 0.659. The van der Waals surface area contributed by atoms with Crippen LogP contribution in [0.1, 0.15) is 24.8 Å². The maximum absolute atomic E-state index is 12.1. The number of carbonyl (C=O) groups is 2. The van der Waals surface area contributed by atoms with Gasteiger partial charge in [-0.1, -0.05) is 36.1 Å². The molecule has 0 radical (unpaired) electrons. The topological polar surface area (TPSA) is 58.6 Å². The van der Waals surface area contributed by atoms with Gasteiger partial charge in [0, 0.05) is 13.1 Å². The lowest BCUT2D eigenvalue weighted by atomic mass is 10.1. The maximum Gasteiger partial charge on any atom is 0.263 e. The van der Waals surface area contributed by atoms with Crippen LogP contribution in [0.2, 0.25) is 0 Å². The first-order chi connectivity index (χ1) is 11.6. The van der Waals surface area contributed by atoms with Gasteiger partial charge < -0.3 is 15.0 Å². The van der Waals surface area contributed by atoms with Gasteiger partial charge in [-0.25, -0.2) is 0 Å². The largest absolute Gasteiger partial charge is 0.484 e. The smallest absolute Gasteiger partial charge is 0.263 e. The van der Waals surface area contributed by atoms with E-state index in [0.717, 1.165) is 31.5 Å². The molecule has 2 amide bonds. The number of amides is 2. The Morgan fingerprint density at radius 1 is 1.33 bits per heavy atom. The average molecular weight is 362 g/mol. The van der Waals surface area contributed by atoms with E-state index in [1.165, 1.54) is 18.2 Å². The minimum absolute atomic E-state index is 0.0227. The number of piperidine rings is 1. The highest BCUT2D eigenvalue weighted by Crippen LogP contribution is 2.26. The number of hydrogen-bond donors (Lipinski definition) is 1. The molecular weight excluding hydrogens is 344 g/mol. The van der Waals surface area contributed by atoms with Crippen molar-refractivity contribution >= 4 is 46.2 Å². The number of likely N-dealkylation sites (tertiary alicyclic amines) is 1. The molecule has 0 aliphatic carbocycles. The molecule has 0 spiro atoms. The van der Waals surface area contributed by atoms with Crippen LogP contribution in [0.15, 0.2) is 29.2 Å². The summed E-state index contributed by atoms with van der Waals surface area (Å²) in [5.74, 6) is 0.451. The molecule has 1 N–H and O–H groups in total. The SMILES string of the molecule is O=C1NC(=S)S/C1=C\c1cccc(OCC(=O)N2CCCCC2)c1. The van der Waals surface area contributed by atoms with Gasteiger partial charge in [-0.15, -0.1) is 0 Å². The maximum atomic E-state index is 12.1. The van der Waals surface area contributed by atoms with Gasteiger partial charge in [0.15, 0.2) is 6.61 Å². The van der Waals surface area contributed by atoms with Gasteiger partial charge in [-0.2, -0.15) is 0 Å². The third kappa shape index (κ3) is 4.36. The van der Waals surface area contributed by atoms with Crippen LogP contribution in [0.3, 0.4) is 0 Å². The number of hydrogen-bond acceptors (Lipinski definition) is 5. The number of ether oxygens (including phenoxy) is 1. The Hall–Kier alpha value is -1.86. The molecule has 24 heavy (non-hydrogen) atoms. The Labute approximate surface area is 150 Å². The highest BCUT2D eigenvalue weighted by Gasteiger charge is 2.22. The van der Waals surface area contributed by atoms with Crippen molar-refractivity contribution in [2.75, 3.05) is 19.7 Å². The molecule has 2 heterocycles. The molecule has 0 saturated carbocycles. The van der Waals surface area contributed by atoms with Crippen LogP contribution >= 0.6 is 24.0 Å². The van der Waals surface area contributed by atoms with E-state index in [-0.39, 0.29) is 18.4 Å². The molecule has 126 valence electrons. The van der Waals surface area contributed by atoms with Gasteiger partial charge in [0.2, 0.25) is 0 Å². The molecule has 2 saturated heterocycles. The van der Waals surface area contributed by atoms with E-state index in [2.05, 4.69) is 5.32 Å². The molecule has 0 atom stereocenters. The summed E-state index contributed by atoms with van der Waals surface area (Å²) in [6.45, 7) is 1.68. The molecule has 0 unspecified atom stereocenters. The van der Waals surface area contributed by atoms with Crippen LogP contribution in [0.5, 0.6) is 5.75 Å². The first-order valence-corrected chi connectivity index (χ1v) is 9.10. The fraction of sp³-hybridized carbons (Fsp3) is 0.353. The third-order valence-corrected chi connectivity index (χ3v) is 5.03. The highest BCUT2D eigenvalue weighted by molar-refractivity contribution is 8.26. The molecule has 7 heteroatoms. The van der Waals surface area contributed by atoms with Gasteiger partial charge in [-0.05, 0) is 43.0 Å². The van der Waals surface area contributed by atoms with Crippen LogP contribution in [0.25, 0.3) is 6.08 Å². The zero-order valence-corrected chi connectivity index (χ0v) is 14.8. The van der Waals surface area contributed by atoms with Crippen LogP contribution in [-0.4, -0.2) is 40.7 Å². The number of carbonyl (C=O) groups excluding carboxylic acids is 2. The Kier molecular flexibility index (Phi) is 5.52. The zero-order valence-electron chi connectivity index (χ0n) is 13.1. The van der Waals surface area contributed by atoms with Crippen molar-refractivity contribution in [3.05, 3.63) is 34.7 Å². The molecule has 2 aliphatic heterocycles. The average Bonchev–Trinajstić information content (AvgIpc) is 2.91. The van der Waals surface area contributed by atoms with E-state index >= 15 is 0 Å². The summed E-state index contributed by atoms with van der Waals surface area (Å²) in [6, 6.07) is 7.33. The summed E-state index contributed by atoms with van der Waals surface area (Å²) < 4.78 is 6.08. The van der Waals surface area contributed by atoms with Crippen LogP contribution in [0.4, 0.5) is 0 Å². The Morgan fingerprint density at radius 2 is 2.12 bits per heavy atom. The van der Waals surface area contributed by atoms with Crippen molar-refractivity contribution in [2.45, 2.75) is 19.3 Å². The predicted molar refractivity (Wildman–Crippen MR) is 98.7 cm³/mol. The minimum Gasteiger partial charge on any atom is -0.484 e. The number of rotatable bonds is 4. The first kappa shape index (κ1) is 17.0. The van der Waals surface area contributed by atoms with Gasteiger partial charge in [0.25, 0.3) is 11.8 Å². The third-order valence-electron chi connectivity index (χ3n) is 3.87. The summed E-state index contributed by atoms with van der Waals surface area (Å²) in [5, 5.41) is 2.58. The van der Waals surface area contributed by atoms with E-state index in [1.807, 2.05) is 23.1 Å². The van der Waals surface area contributed by atoms with Crippen LogP contribution in [0, 0.1) is 0 Å². The molecule has 1 aromatic rings. The normalized spacial score (nSPS) is 19.5. The monoisotopic (exact) mass is 362 g/mol. The molecule has 1 aromatic carbocycles. The lowest BCUT2D eigenvalue weighted by Crippen LogP contribution is -2.38. The van der Waals surface area contributed by atoms with E-state index in [0.29, 0.717) is 15.0 Å². The molecule has 0 bridgehead atoms. The first-order valence-electron chi connectivity index (χ1n) is 7.87.